The van der Waals surface area contributed by atoms with Crippen molar-refractivity contribution in [2.45, 2.75) is 264 Å². The maximum atomic E-state index is 12.5. The van der Waals surface area contributed by atoms with E-state index in [-0.39, 0.29) is 12.5 Å². The molecule has 0 aromatic heterocycles. The van der Waals surface area contributed by atoms with Crippen molar-refractivity contribution in [3.63, 3.8) is 0 Å². The van der Waals surface area contributed by atoms with E-state index in [2.05, 4.69) is 141 Å². The lowest BCUT2D eigenvalue weighted by Crippen LogP contribution is -2.45. The maximum absolute atomic E-state index is 12.5. The first-order valence-electron chi connectivity index (χ1n) is 28.9. The topological polar surface area (TPSA) is 69.6 Å². The summed E-state index contributed by atoms with van der Waals surface area (Å²) >= 11 is 0. The van der Waals surface area contributed by atoms with Crippen molar-refractivity contribution in [2.75, 3.05) is 6.61 Å². The highest BCUT2D eigenvalue weighted by Gasteiger charge is 2.17. The van der Waals surface area contributed by atoms with Crippen molar-refractivity contribution in [3.05, 3.63) is 134 Å². The van der Waals surface area contributed by atoms with E-state index >= 15 is 0 Å². The quantitative estimate of drug-likeness (QED) is 0.0420. The fourth-order valence-electron chi connectivity index (χ4n) is 7.99. The minimum Gasteiger partial charge on any atom is -0.394 e. The summed E-state index contributed by atoms with van der Waals surface area (Å²) in [5.74, 6) is -0.107. The molecule has 0 saturated carbocycles. The first-order valence-corrected chi connectivity index (χ1v) is 28.9. The first-order chi connectivity index (χ1) is 34.2. The van der Waals surface area contributed by atoms with Gasteiger partial charge in [0.05, 0.1) is 18.8 Å². The van der Waals surface area contributed by atoms with Crippen LogP contribution in [0, 0.1) is 0 Å². The summed E-state index contributed by atoms with van der Waals surface area (Å²) in [4.78, 5) is 12.5. The van der Waals surface area contributed by atoms with Gasteiger partial charge in [-0.05, 0) is 109 Å². The summed E-state index contributed by atoms with van der Waals surface area (Å²) in [6.45, 7) is 4.17. The van der Waals surface area contributed by atoms with E-state index in [1.165, 1.54) is 122 Å². The van der Waals surface area contributed by atoms with Crippen molar-refractivity contribution >= 4 is 5.91 Å². The Bertz CT molecular complexity index is 1400. The number of aliphatic hydroxyl groups is 2. The molecular formula is C65H109NO3. The molecule has 2 atom stereocenters. The molecule has 0 fully saturated rings. The van der Waals surface area contributed by atoms with Crippen LogP contribution in [-0.4, -0.2) is 34.9 Å². The summed E-state index contributed by atoms with van der Waals surface area (Å²) in [7, 11) is 0. The van der Waals surface area contributed by atoms with E-state index in [1.807, 2.05) is 6.08 Å². The SMILES string of the molecule is CC/C=C\C/C=C\C/C=C\C/C=C\C/C=C\C/C=C\C/C=C\C/C=C\CCCCCCC(=O)NC(CO)C(O)/C=C/CC/C=C/CC/C=C/CCCCCCCCCCCCCCCCCCCC. The standard InChI is InChI=1S/C65H109NO3/c1-3-5-7-9-11-13-15-17-19-21-23-25-27-29-31-33-35-37-39-41-43-45-47-49-51-53-55-57-59-61-65(69)66-63(62-67)64(68)60-58-56-54-52-50-48-46-44-42-40-38-36-34-32-30-28-26-24-22-20-18-16-14-12-10-8-6-4-2/h5,7,11,13,17,19,23,25,29,31,35,37,41-44,47,49-50,52,58,60,63-64,67-68H,3-4,6,8-10,12,14-16,18,20-22,24,26-28,30,32-34,36,38-40,45-46,48,51,53-57,59,61-62H2,1-2H3,(H,66,69)/b7-5-,13-11-,19-17-,25-23-,31-29-,37-35-,43-41-,44-42+,49-47-,52-50+,60-58+. The van der Waals surface area contributed by atoms with Crippen LogP contribution in [-0.2, 0) is 4.79 Å². The average molecular weight is 953 g/mol. The van der Waals surface area contributed by atoms with Gasteiger partial charge in [-0.2, -0.15) is 0 Å². The van der Waals surface area contributed by atoms with E-state index in [0.29, 0.717) is 6.42 Å². The van der Waals surface area contributed by atoms with E-state index in [1.54, 1.807) is 6.08 Å². The van der Waals surface area contributed by atoms with Gasteiger partial charge in [-0.25, -0.2) is 0 Å². The Kier molecular flexibility index (Phi) is 55.9. The molecule has 0 aliphatic heterocycles. The predicted octanol–water partition coefficient (Wildman–Crippen LogP) is 19.4. The summed E-state index contributed by atoms with van der Waals surface area (Å²) in [5, 5.41) is 23.1. The van der Waals surface area contributed by atoms with Gasteiger partial charge in [0.1, 0.15) is 0 Å². The molecular weight excluding hydrogens is 843 g/mol. The smallest absolute Gasteiger partial charge is 0.220 e. The number of amides is 1. The van der Waals surface area contributed by atoms with Crippen LogP contribution in [0.3, 0.4) is 0 Å². The zero-order valence-corrected chi connectivity index (χ0v) is 45.0. The predicted molar refractivity (Wildman–Crippen MR) is 308 cm³/mol. The van der Waals surface area contributed by atoms with Gasteiger partial charge in [0.15, 0.2) is 0 Å². The fourth-order valence-corrected chi connectivity index (χ4v) is 7.99. The van der Waals surface area contributed by atoms with Crippen molar-refractivity contribution in [1.82, 2.24) is 5.32 Å². The van der Waals surface area contributed by atoms with Gasteiger partial charge in [0, 0.05) is 6.42 Å². The van der Waals surface area contributed by atoms with E-state index in [0.717, 1.165) is 109 Å². The van der Waals surface area contributed by atoms with Crippen LogP contribution in [0.25, 0.3) is 0 Å². The molecule has 0 rings (SSSR count). The second-order valence-corrected chi connectivity index (χ2v) is 19.0. The number of aliphatic hydroxyl groups excluding tert-OH is 2. The molecule has 0 aromatic rings. The number of carbonyl (C=O) groups is 1. The minimum absolute atomic E-state index is 0.107. The zero-order chi connectivity index (χ0) is 49.9. The Morgan fingerprint density at radius 3 is 1.01 bits per heavy atom. The van der Waals surface area contributed by atoms with E-state index in [4.69, 9.17) is 0 Å². The second-order valence-electron chi connectivity index (χ2n) is 19.0. The molecule has 0 radical (unpaired) electrons. The Hall–Kier alpha value is -3.47. The number of hydrogen-bond donors (Lipinski definition) is 3. The van der Waals surface area contributed by atoms with Crippen LogP contribution < -0.4 is 5.32 Å². The molecule has 0 bridgehead atoms. The maximum Gasteiger partial charge on any atom is 0.220 e. The number of nitrogens with one attached hydrogen (secondary N) is 1. The highest BCUT2D eigenvalue weighted by Crippen LogP contribution is 2.15. The summed E-state index contributed by atoms with van der Waals surface area (Å²) in [6, 6.07) is -0.671. The first kappa shape index (κ1) is 65.5. The largest absolute Gasteiger partial charge is 0.394 e. The molecule has 0 aliphatic carbocycles. The highest BCUT2D eigenvalue weighted by atomic mass is 16.3. The van der Waals surface area contributed by atoms with Gasteiger partial charge in [0.2, 0.25) is 5.91 Å². The number of hydrogen-bond acceptors (Lipinski definition) is 3. The lowest BCUT2D eigenvalue weighted by Gasteiger charge is -2.19. The van der Waals surface area contributed by atoms with Crippen molar-refractivity contribution in [2.24, 2.45) is 0 Å². The van der Waals surface area contributed by atoms with Crippen molar-refractivity contribution < 1.29 is 15.0 Å². The molecule has 392 valence electrons. The molecule has 0 aromatic carbocycles. The van der Waals surface area contributed by atoms with E-state index in [9.17, 15) is 15.0 Å². The third-order valence-electron chi connectivity index (χ3n) is 12.3. The molecule has 0 saturated heterocycles. The molecule has 1 amide bonds. The van der Waals surface area contributed by atoms with Gasteiger partial charge in [-0.15, -0.1) is 0 Å². The Morgan fingerprint density at radius 1 is 0.362 bits per heavy atom. The summed E-state index contributed by atoms with van der Waals surface area (Å²) < 4.78 is 0. The number of unbranched alkanes of at least 4 members (excludes halogenated alkanes) is 24. The average Bonchev–Trinajstić information content (AvgIpc) is 3.35. The van der Waals surface area contributed by atoms with Gasteiger partial charge < -0.3 is 15.5 Å². The van der Waals surface area contributed by atoms with Crippen LogP contribution in [0.15, 0.2) is 134 Å². The molecule has 2 unspecified atom stereocenters. The zero-order valence-electron chi connectivity index (χ0n) is 45.0. The van der Waals surface area contributed by atoms with Crippen LogP contribution in [0.4, 0.5) is 0 Å². The third kappa shape index (κ3) is 55.3. The summed E-state index contributed by atoms with van der Waals surface area (Å²) in [6.07, 6.45) is 91.8. The molecule has 4 nitrogen and oxygen atoms in total. The molecule has 69 heavy (non-hydrogen) atoms. The highest BCUT2D eigenvalue weighted by molar-refractivity contribution is 5.76. The third-order valence-corrected chi connectivity index (χ3v) is 12.3. The summed E-state index contributed by atoms with van der Waals surface area (Å²) in [5.41, 5.74) is 0. The Labute approximate surface area is 428 Å². The van der Waals surface area contributed by atoms with Crippen LogP contribution in [0.2, 0.25) is 0 Å². The Balaban J connectivity index is 3.69. The minimum atomic E-state index is -0.893. The fraction of sp³-hybridized carbons (Fsp3) is 0.646. The van der Waals surface area contributed by atoms with Crippen LogP contribution in [0.5, 0.6) is 0 Å². The van der Waals surface area contributed by atoms with Gasteiger partial charge >= 0.3 is 0 Å². The molecule has 0 heterocycles. The lowest BCUT2D eigenvalue weighted by molar-refractivity contribution is -0.123. The second kappa shape index (κ2) is 58.8. The molecule has 0 spiro atoms. The van der Waals surface area contributed by atoms with Crippen LogP contribution in [0.1, 0.15) is 251 Å². The monoisotopic (exact) mass is 952 g/mol. The lowest BCUT2D eigenvalue weighted by atomic mass is 10.0. The van der Waals surface area contributed by atoms with Crippen LogP contribution >= 0.6 is 0 Å². The van der Waals surface area contributed by atoms with E-state index < -0.39 is 12.1 Å². The molecule has 3 N–H and O–H groups in total. The number of carbonyl (C=O) groups excluding carboxylic acids is 1. The van der Waals surface area contributed by atoms with Crippen molar-refractivity contribution in [3.8, 4) is 0 Å². The van der Waals surface area contributed by atoms with Gasteiger partial charge in [-0.3, -0.25) is 4.79 Å². The number of rotatable bonds is 51. The molecule has 0 aliphatic rings. The Morgan fingerprint density at radius 2 is 0.652 bits per heavy atom. The van der Waals surface area contributed by atoms with Gasteiger partial charge in [0.25, 0.3) is 0 Å². The number of allylic oxidation sites excluding steroid dienone is 21. The van der Waals surface area contributed by atoms with Crippen molar-refractivity contribution in [1.29, 1.82) is 0 Å². The normalized spacial score (nSPS) is 13.9. The van der Waals surface area contributed by atoms with Gasteiger partial charge in [-0.1, -0.05) is 270 Å². The molecule has 4 heteroatoms.